The molecule has 3 heteroatoms. The van der Waals surface area contributed by atoms with Crippen molar-refractivity contribution < 1.29 is 9.59 Å². The van der Waals surface area contributed by atoms with Crippen molar-refractivity contribution in [2.45, 2.75) is 29.7 Å². The summed E-state index contributed by atoms with van der Waals surface area (Å²) in [5.41, 5.74) is 1.41. The lowest BCUT2D eigenvalue weighted by atomic mass is 9.68. The molecule has 3 atom stereocenters. The van der Waals surface area contributed by atoms with E-state index in [1.54, 1.807) is 0 Å². The van der Waals surface area contributed by atoms with E-state index in [-0.39, 0.29) is 22.9 Å². The van der Waals surface area contributed by atoms with Crippen LogP contribution in [0.5, 0.6) is 0 Å². The Kier molecular flexibility index (Phi) is 3.63. The van der Waals surface area contributed by atoms with Gasteiger partial charge in [-0.15, -0.1) is 0 Å². The molecule has 1 spiro atoms. The molecule has 2 fully saturated rings. The predicted octanol–water partition coefficient (Wildman–Crippen LogP) is 4.67. The zero-order chi connectivity index (χ0) is 21.4. The summed E-state index contributed by atoms with van der Waals surface area (Å²) in [6, 6.07) is 28.2. The summed E-state index contributed by atoms with van der Waals surface area (Å²) in [6.07, 6.45) is 0.913. The van der Waals surface area contributed by atoms with Gasteiger partial charge in [0.25, 0.3) is 0 Å². The standard InChI is InChI=1S/C28H25NO2/c1-3-23-26(19-12-6-4-7-13-19)18-29(2)28(27(23,26)20-14-8-5-9-15-20)24(30)21-16-10-11-17-22(21)25(28)31/h4-17,23H,3,18H2,1-2H3/t23-,26+,27+/m1/s1. The van der Waals surface area contributed by atoms with Crippen molar-refractivity contribution in [3.8, 4) is 0 Å². The molecular formula is C28H25NO2. The predicted molar refractivity (Wildman–Crippen MR) is 120 cm³/mol. The van der Waals surface area contributed by atoms with Gasteiger partial charge >= 0.3 is 0 Å². The molecule has 3 aromatic carbocycles. The summed E-state index contributed by atoms with van der Waals surface area (Å²) >= 11 is 0. The molecule has 0 unspecified atom stereocenters. The number of carbonyl (C=O) groups excluding carboxylic acids is 2. The number of nitrogens with zero attached hydrogens (tertiary/aromatic N) is 1. The second-order valence-corrected chi connectivity index (χ2v) is 9.24. The quantitative estimate of drug-likeness (QED) is 0.593. The van der Waals surface area contributed by atoms with Crippen LogP contribution in [-0.4, -0.2) is 35.6 Å². The number of benzene rings is 3. The molecule has 154 valence electrons. The van der Waals surface area contributed by atoms with E-state index in [1.165, 1.54) is 5.56 Å². The first-order valence-electron chi connectivity index (χ1n) is 11.1. The summed E-state index contributed by atoms with van der Waals surface area (Å²) in [5, 5.41) is 0. The van der Waals surface area contributed by atoms with Crippen molar-refractivity contribution in [1.29, 1.82) is 0 Å². The Morgan fingerprint density at radius 1 is 0.774 bits per heavy atom. The normalized spacial score (nSPS) is 30.5. The van der Waals surface area contributed by atoms with Gasteiger partial charge in [-0.2, -0.15) is 0 Å². The first-order valence-corrected chi connectivity index (χ1v) is 11.1. The fourth-order valence-corrected chi connectivity index (χ4v) is 7.58. The molecule has 0 amide bonds. The number of carbonyl (C=O) groups is 2. The topological polar surface area (TPSA) is 37.4 Å². The maximum atomic E-state index is 14.2. The Balaban J connectivity index is 1.72. The molecule has 2 aliphatic carbocycles. The first kappa shape index (κ1) is 18.7. The van der Waals surface area contributed by atoms with E-state index < -0.39 is 11.0 Å². The number of hydrogen-bond acceptors (Lipinski definition) is 3. The molecule has 31 heavy (non-hydrogen) atoms. The highest BCUT2D eigenvalue weighted by atomic mass is 16.2. The van der Waals surface area contributed by atoms with Gasteiger partial charge < -0.3 is 0 Å². The van der Waals surface area contributed by atoms with Crippen molar-refractivity contribution in [2.75, 3.05) is 13.6 Å². The Hall–Kier alpha value is -3.04. The van der Waals surface area contributed by atoms with Gasteiger partial charge in [0, 0.05) is 28.5 Å². The highest BCUT2D eigenvalue weighted by Gasteiger charge is 2.92. The van der Waals surface area contributed by atoms with Crippen LogP contribution in [0.25, 0.3) is 0 Å². The average Bonchev–Trinajstić information content (AvgIpc) is 3.24. The minimum atomic E-state index is -1.20. The lowest BCUT2D eigenvalue weighted by Gasteiger charge is -2.39. The number of hydrogen-bond donors (Lipinski definition) is 0. The van der Waals surface area contributed by atoms with Gasteiger partial charge in [-0.1, -0.05) is 98.3 Å². The second kappa shape index (κ2) is 6.02. The number of likely N-dealkylation sites (tertiary alicyclic amines) is 1. The van der Waals surface area contributed by atoms with Crippen LogP contribution in [0, 0.1) is 5.92 Å². The Bertz CT molecular complexity index is 1180. The number of likely N-dealkylation sites (N-methyl/N-ethyl adjacent to an activating group) is 1. The maximum absolute atomic E-state index is 14.2. The van der Waals surface area contributed by atoms with Gasteiger partial charge in [0.2, 0.25) is 0 Å². The van der Waals surface area contributed by atoms with Gasteiger partial charge in [0.15, 0.2) is 17.1 Å². The van der Waals surface area contributed by atoms with Gasteiger partial charge in [0.05, 0.1) is 0 Å². The molecule has 1 heterocycles. The van der Waals surface area contributed by atoms with Crippen LogP contribution in [0.2, 0.25) is 0 Å². The van der Waals surface area contributed by atoms with Crippen LogP contribution in [-0.2, 0) is 10.8 Å². The summed E-state index contributed by atoms with van der Waals surface area (Å²) in [5.74, 6) is 0.143. The summed E-state index contributed by atoms with van der Waals surface area (Å²) < 4.78 is 0. The van der Waals surface area contributed by atoms with Crippen LogP contribution in [0.1, 0.15) is 45.2 Å². The van der Waals surface area contributed by atoms with Crippen molar-refractivity contribution in [1.82, 2.24) is 4.90 Å². The average molecular weight is 408 g/mol. The Morgan fingerprint density at radius 2 is 1.26 bits per heavy atom. The Labute approximate surface area is 182 Å². The summed E-state index contributed by atoms with van der Waals surface area (Å²) in [7, 11) is 1.97. The van der Waals surface area contributed by atoms with Crippen molar-refractivity contribution >= 4 is 11.6 Å². The molecule has 0 radical (unpaired) electrons. The lowest BCUT2D eigenvalue weighted by Crippen LogP contribution is -2.61. The molecule has 1 aliphatic heterocycles. The monoisotopic (exact) mass is 407 g/mol. The molecule has 6 rings (SSSR count). The third-order valence-corrected chi connectivity index (χ3v) is 8.37. The molecule has 3 aromatic rings. The fourth-order valence-electron chi connectivity index (χ4n) is 7.58. The highest BCUT2D eigenvalue weighted by Crippen LogP contribution is 2.81. The van der Waals surface area contributed by atoms with E-state index in [1.807, 2.05) is 55.6 Å². The number of piperidine rings is 1. The zero-order valence-corrected chi connectivity index (χ0v) is 17.8. The largest absolute Gasteiger partial charge is 0.291 e. The molecule has 1 saturated carbocycles. The van der Waals surface area contributed by atoms with Gasteiger partial charge in [-0.05, 0) is 24.1 Å². The smallest absolute Gasteiger partial charge is 0.192 e. The Morgan fingerprint density at radius 3 is 1.77 bits per heavy atom. The third kappa shape index (κ3) is 1.79. The number of rotatable bonds is 3. The summed E-state index contributed by atoms with van der Waals surface area (Å²) in [6.45, 7) is 2.89. The highest BCUT2D eigenvalue weighted by molar-refractivity contribution is 6.35. The van der Waals surface area contributed by atoms with E-state index in [2.05, 4.69) is 48.2 Å². The van der Waals surface area contributed by atoms with Crippen molar-refractivity contribution in [3.05, 3.63) is 107 Å². The van der Waals surface area contributed by atoms with Gasteiger partial charge in [-0.25, -0.2) is 0 Å². The second-order valence-electron chi connectivity index (χ2n) is 9.24. The van der Waals surface area contributed by atoms with E-state index in [0.717, 1.165) is 12.0 Å². The van der Waals surface area contributed by atoms with Crippen molar-refractivity contribution in [2.24, 2.45) is 5.92 Å². The molecule has 0 bridgehead atoms. The van der Waals surface area contributed by atoms with E-state index in [4.69, 9.17) is 0 Å². The molecule has 1 saturated heterocycles. The molecule has 0 N–H and O–H groups in total. The minimum Gasteiger partial charge on any atom is -0.291 e. The van der Waals surface area contributed by atoms with Crippen LogP contribution in [0.15, 0.2) is 84.9 Å². The number of fused-ring (bicyclic) bond motifs is 3. The van der Waals surface area contributed by atoms with Crippen LogP contribution >= 0.6 is 0 Å². The van der Waals surface area contributed by atoms with Gasteiger partial charge in [0.1, 0.15) is 0 Å². The van der Waals surface area contributed by atoms with E-state index in [0.29, 0.717) is 17.7 Å². The van der Waals surface area contributed by atoms with Gasteiger partial charge in [-0.3, -0.25) is 14.5 Å². The maximum Gasteiger partial charge on any atom is 0.192 e. The van der Waals surface area contributed by atoms with Crippen LogP contribution in [0.3, 0.4) is 0 Å². The molecule has 3 nitrogen and oxygen atoms in total. The zero-order valence-electron chi connectivity index (χ0n) is 17.8. The molecular weight excluding hydrogens is 382 g/mol. The van der Waals surface area contributed by atoms with E-state index >= 15 is 0 Å². The van der Waals surface area contributed by atoms with Crippen LogP contribution in [0.4, 0.5) is 0 Å². The van der Waals surface area contributed by atoms with E-state index in [9.17, 15) is 9.59 Å². The first-order chi connectivity index (χ1) is 15.1. The number of Topliss-reactive ketones (excluding diaryl/α,β-unsaturated/α-hetero) is 2. The third-order valence-electron chi connectivity index (χ3n) is 8.37. The molecule has 0 aromatic heterocycles. The number of ketones is 2. The summed E-state index contributed by atoms with van der Waals surface area (Å²) in [4.78, 5) is 30.5. The van der Waals surface area contributed by atoms with Crippen LogP contribution < -0.4 is 0 Å². The molecule has 3 aliphatic rings. The fraction of sp³-hybridized carbons (Fsp3) is 0.286. The SMILES string of the molecule is CC[C@@H]1[C@@]2(c3ccccc3)CN(C)C3(C(=O)c4ccccc4C3=O)[C@@]12c1ccccc1. The lowest BCUT2D eigenvalue weighted by molar-refractivity contribution is 0.0518. The van der Waals surface area contributed by atoms with Crippen molar-refractivity contribution in [3.63, 3.8) is 0 Å². The minimum absolute atomic E-state index is 0.0341.